The van der Waals surface area contributed by atoms with Crippen LogP contribution in [0.1, 0.15) is 20.3 Å². The molecule has 0 aromatic heterocycles. The predicted molar refractivity (Wildman–Crippen MR) is 63.2 cm³/mol. The van der Waals surface area contributed by atoms with E-state index >= 15 is 0 Å². The molecule has 6 heteroatoms. The molecular weight excluding hydrogens is 276 g/mol. The van der Waals surface area contributed by atoms with E-state index in [0.29, 0.717) is 29.6 Å². The standard InChI is InChI=1S/C10H15BrN2O3/c1-3-6-8(9(14)16-4-2)7(5-11)13-10(15)12-6/h6H,3-5H2,1-2H3,(H2,12,13,15)/t6-/m0/s1. The molecule has 0 aliphatic carbocycles. The van der Waals surface area contributed by atoms with E-state index in [0.717, 1.165) is 0 Å². The average Bonchev–Trinajstić information content (AvgIpc) is 2.27. The van der Waals surface area contributed by atoms with E-state index < -0.39 is 0 Å². The van der Waals surface area contributed by atoms with Crippen molar-refractivity contribution in [1.82, 2.24) is 10.6 Å². The largest absolute Gasteiger partial charge is 0.463 e. The highest BCUT2D eigenvalue weighted by molar-refractivity contribution is 9.09. The van der Waals surface area contributed by atoms with Crippen LogP contribution >= 0.6 is 15.9 Å². The highest BCUT2D eigenvalue weighted by Crippen LogP contribution is 2.18. The summed E-state index contributed by atoms with van der Waals surface area (Å²) in [5.74, 6) is -0.378. The van der Waals surface area contributed by atoms with E-state index in [2.05, 4.69) is 26.6 Å². The molecule has 0 bridgehead atoms. The summed E-state index contributed by atoms with van der Waals surface area (Å²) < 4.78 is 4.97. The Morgan fingerprint density at radius 2 is 2.19 bits per heavy atom. The van der Waals surface area contributed by atoms with Gasteiger partial charge in [0.1, 0.15) is 0 Å². The van der Waals surface area contributed by atoms with Gasteiger partial charge in [-0.1, -0.05) is 22.9 Å². The van der Waals surface area contributed by atoms with Crippen LogP contribution in [-0.4, -0.2) is 30.0 Å². The fraction of sp³-hybridized carbons (Fsp3) is 0.600. The smallest absolute Gasteiger partial charge is 0.337 e. The summed E-state index contributed by atoms with van der Waals surface area (Å²) in [6.07, 6.45) is 0.651. The van der Waals surface area contributed by atoms with Gasteiger partial charge in [0.05, 0.1) is 18.2 Å². The highest BCUT2D eigenvalue weighted by atomic mass is 79.9. The third kappa shape index (κ3) is 2.75. The molecule has 0 aromatic carbocycles. The normalized spacial score (nSPS) is 20.2. The van der Waals surface area contributed by atoms with Crippen LogP contribution < -0.4 is 10.6 Å². The van der Waals surface area contributed by atoms with Gasteiger partial charge in [0.2, 0.25) is 0 Å². The van der Waals surface area contributed by atoms with Crippen LogP contribution in [0.15, 0.2) is 11.3 Å². The molecule has 1 atom stereocenters. The number of halogens is 1. The third-order valence-electron chi connectivity index (χ3n) is 2.28. The second-order valence-electron chi connectivity index (χ2n) is 3.31. The zero-order valence-electron chi connectivity index (χ0n) is 9.30. The van der Waals surface area contributed by atoms with Gasteiger partial charge in [-0.2, -0.15) is 0 Å². The quantitative estimate of drug-likeness (QED) is 0.606. The van der Waals surface area contributed by atoms with Crippen molar-refractivity contribution in [3.8, 4) is 0 Å². The SMILES string of the molecule is CCOC(=O)C1=C(CBr)NC(=O)N[C@H]1CC. The number of carbonyl (C=O) groups is 2. The maximum atomic E-state index is 11.8. The third-order valence-corrected chi connectivity index (χ3v) is 2.84. The van der Waals surface area contributed by atoms with Gasteiger partial charge < -0.3 is 15.4 Å². The first-order chi connectivity index (χ1) is 7.63. The topological polar surface area (TPSA) is 67.4 Å². The molecule has 1 rings (SSSR count). The molecule has 0 unspecified atom stereocenters. The molecular formula is C10H15BrN2O3. The summed E-state index contributed by atoms with van der Waals surface area (Å²) in [6, 6.07) is -0.560. The lowest BCUT2D eigenvalue weighted by Gasteiger charge is -2.27. The number of alkyl halides is 1. The Labute approximate surface area is 103 Å². The van der Waals surface area contributed by atoms with Gasteiger partial charge in [0, 0.05) is 11.0 Å². The van der Waals surface area contributed by atoms with E-state index in [1.807, 2.05) is 6.92 Å². The van der Waals surface area contributed by atoms with E-state index in [4.69, 9.17) is 4.74 Å². The fourth-order valence-corrected chi connectivity index (χ4v) is 2.01. The summed E-state index contributed by atoms with van der Waals surface area (Å²) >= 11 is 3.25. The molecule has 1 heterocycles. The van der Waals surface area contributed by atoms with Gasteiger partial charge in [-0.05, 0) is 13.3 Å². The first kappa shape index (κ1) is 13.0. The number of carbonyl (C=O) groups excluding carboxylic acids is 2. The maximum absolute atomic E-state index is 11.8. The molecule has 1 aliphatic heterocycles. The zero-order chi connectivity index (χ0) is 12.1. The van der Waals surface area contributed by atoms with Crippen molar-refractivity contribution in [3.63, 3.8) is 0 Å². The average molecular weight is 291 g/mol. The second kappa shape index (κ2) is 5.89. The minimum absolute atomic E-state index is 0.277. The zero-order valence-corrected chi connectivity index (χ0v) is 10.9. The Morgan fingerprint density at radius 3 is 2.69 bits per heavy atom. The Balaban J connectivity index is 3.02. The Hall–Kier alpha value is -1.04. The van der Waals surface area contributed by atoms with Gasteiger partial charge in [-0.15, -0.1) is 0 Å². The van der Waals surface area contributed by atoms with Crippen LogP contribution in [0.5, 0.6) is 0 Å². The summed E-state index contributed by atoms with van der Waals surface area (Å²) in [6.45, 7) is 3.98. The van der Waals surface area contributed by atoms with Gasteiger partial charge >= 0.3 is 12.0 Å². The molecule has 0 saturated heterocycles. The Bertz CT molecular complexity index is 328. The van der Waals surface area contributed by atoms with E-state index in [-0.39, 0.29) is 18.0 Å². The van der Waals surface area contributed by atoms with Crippen molar-refractivity contribution < 1.29 is 14.3 Å². The van der Waals surface area contributed by atoms with Gasteiger partial charge in [0.15, 0.2) is 0 Å². The molecule has 5 nitrogen and oxygen atoms in total. The first-order valence-electron chi connectivity index (χ1n) is 5.17. The summed E-state index contributed by atoms with van der Waals surface area (Å²) in [5, 5.41) is 5.71. The van der Waals surface area contributed by atoms with Crippen LogP contribution in [0.3, 0.4) is 0 Å². The number of amides is 2. The predicted octanol–water partition coefficient (Wildman–Crippen LogP) is 1.29. The van der Waals surface area contributed by atoms with Crippen LogP contribution in [-0.2, 0) is 9.53 Å². The molecule has 2 N–H and O–H groups in total. The van der Waals surface area contributed by atoms with Crippen LogP contribution in [0.4, 0.5) is 4.79 Å². The minimum atomic E-state index is -0.378. The summed E-state index contributed by atoms with van der Waals surface area (Å²) in [5.41, 5.74) is 1.08. The summed E-state index contributed by atoms with van der Waals surface area (Å²) in [4.78, 5) is 23.0. The molecule has 90 valence electrons. The van der Waals surface area contributed by atoms with Crippen molar-refractivity contribution in [2.24, 2.45) is 0 Å². The molecule has 0 radical (unpaired) electrons. The molecule has 0 spiro atoms. The monoisotopic (exact) mass is 290 g/mol. The van der Waals surface area contributed by atoms with Crippen molar-refractivity contribution >= 4 is 27.9 Å². The minimum Gasteiger partial charge on any atom is -0.463 e. The first-order valence-corrected chi connectivity index (χ1v) is 6.29. The fourth-order valence-electron chi connectivity index (χ4n) is 1.57. The lowest BCUT2D eigenvalue weighted by Crippen LogP contribution is -2.50. The number of ether oxygens (including phenoxy) is 1. The van der Waals surface area contributed by atoms with Gasteiger partial charge in [-0.3, -0.25) is 0 Å². The molecule has 1 aliphatic rings. The maximum Gasteiger partial charge on any atom is 0.337 e. The summed E-state index contributed by atoms with van der Waals surface area (Å²) in [7, 11) is 0. The molecule has 0 aromatic rings. The van der Waals surface area contributed by atoms with Crippen molar-refractivity contribution in [2.75, 3.05) is 11.9 Å². The number of hydrogen-bond donors (Lipinski definition) is 2. The van der Waals surface area contributed by atoms with Crippen LogP contribution in [0.25, 0.3) is 0 Å². The van der Waals surface area contributed by atoms with Crippen molar-refractivity contribution in [1.29, 1.82) is 0 Å². The van der Waals surface area contributed by atoms with Crippen LogP contribution in [0.2, 0.25) is 0 Å². The number of urea groups is 1. The lowest BCUT2D eigenvalue weighted by molar-refractivity contribution is -0.139. The number of allylic oxidation sites excluding steroid dienone is 1. The van der Waals surface area contributed by atoms with Gasteiger partial charge in [-0.25, -0.2) is 9.59 Å². The lowest BCUT2D eigenvalue weighted by atomic mass is 10.0. The van der Waals surface area contributed by atoms with Gasteiger partial charge in [0.25, 0.3) is 0 Å². The number of hydrogen-bond acceptors (Lipinski definition) is 3. The highest BCUT2D eigenvalue weighted by Gasteiger charge is 2.30. The molecule has 0 saturated carbocycles. The van der Waals surface area contributed by atoms with E-state index in [1.165, 1.54) is 0 Å². The van der Waals surface area contributed by atoms with Crippen molar-refractivity contribution in [3.05, 3.63) is 11.3 Å². The number of rotatable bonds is 4. The Morgan fingerprint density at radius 1 is 1.50 bits per heavy atom. The van der Waals surface area contributed by atoms with Crippen LogP contribution in [0, 0.1) is 0 Å². The Kier molecular flexibility index (Phi) is 4.79. The number of nitrogens with one attached hydrogen (secondary N) is 2. The second-order valence-corrected chi connectivity index (χ2v) is 3.87. The van der Waals surface area contributed by atoms with Crippen molar-refractivity contribution in [2.45, 2.75) is 26.3 Å². The molecule has 16 heavy (non-hydrogen) atoms. The molecule has 0 fully saturated rings. The molecule has 2 amide bonds. The number of esters is 1. The van der Waals surface area contributed by atoms with E-state index in [1.54, 1.807) is 6.92 Å². The van der Waals surface area contributed by atoms with E-state index in [9.17, 15) is 9.59 Å².